The van der Waals surface area contributed by atoms with E-state index >= 15 is 0 Å². The lowest BCUT2D eigenvalue weighted by Crippen LogP contribution is -2.62. The van der Waals surface area contributed by atoms with Crippen molar-refractivity contribution in [2.24, 2.45) is 0 Å². The van der Waals surface area contributed by atoms with Gasteiger partial charge >= 0.3 is 5.97 Å². The highest BCUT2D eigenvalue weighted by molar-refractivity contribution is 9.09. The summed E-state index contributed by atoms with van der Waals surface area (Å²) in [7, 11) is 0. The summed E-state index contributed by atoms with van der Waals surface area (Å²) in [6, 6.07) is -0.336. The van der Waals surface area contributed by atoms with Gasteiger partial charge in [-0.25, -0.2) is 4.79 Å². The molecule has 0 aromatic heterocycles. The van der Waals surface area contributed by atoms with Crippen LogP contribution in [0.1, 0.15) is 26.7 Å². The minimum atomic E-state index is -1.04. The van der Waals surface area contributed by atoms with Crippen LogP contribution < -0.4 is 0 Å². The molecular formula is C10H14BrNO3. The maximum absolute atomic E-state index is 12.1. The summed E-state index contributed by atoms with van der Waals surface area (Å²) in [5, 5.41) is 0. The fourth-order valence-electron chi connectivity index (χ4n) is 2.11. The third kappa shape index (κ3) is 1.48. The van der Waals surface area contributed by atoms with Gasteiger partial charge in [-0.2, -0.15) is 0 Å². The predicted octanol–water partition coefficient (Wildman–Crippen LogP) is 1.08. The number of fused-ring (bicyclic) bond motifs is 1. The van der Waals surface area contributed by atoms with Crippen molar-refractivity contribution in [1.29, 1.82) is 0 Å². The number of alkyl halides is 1. The van der Waals surface area contributed by atoms with Gasteiger partial charge in [0, 0.05) is 6.54 Å². The molecule has 2 aliphatic heterocycles. The van der Waals surface area contributed by atoms with Gasteiger partial charge < -0.3 is 9.64 Å². The number of nitrogens with zero attached hydrogens (tertiary/aromatic N) is 1. The molecule has 0 radical (unpaired) electrons. The lowest BCUT2D eigenvalue weighted by Gasteiger charge is -2.41. The summed E-state index contributed by atoms with van der Waals surface area (Å²) in [5.41, 5.74) is -1.04. The van der Waals surface area contributed by atoms with Gasteiger partial charge in [-0.1, -0.05) is 15.9 Å². The van der Waals surface area contributed by atoms with Crippen molar-refractivity contribution in [3.8, 4) is 0 Å². The first-order chi connectivity index (χ1) is 6.97. The van der Waals surface area contributed by atoms with Gasteiger partial charge in [0.25, 0.3) is 5.91 Å². The molecule has 0 aromatic carbocycles. The molecule has 2 fully saturated rings. The molecule has 2 saturated heterocycles. The number of morpholine rings is 1. The first-order valence-electron chi connectivity index (χ1n) is 5.15. The first kappa shape index (κ1) is 10.9. The molecule has 0 aromatic rings. The Morgan fingerprint density at radius 2 is 2.27 bits per heavy atom. The van der Waals surface area contributed by atoms with Crippen molar-refractivity contribution >= 4 is 27.8 Å². The highest BCUT2D eigenvalue weighted by Gasteiger charge is 2.53. The van der Waals surface area contributed by atoms with Crippen LogP contribution in [0, 0.1) is 0 Å². The lowest BCUT2D eigenvalue weighted by molar-refractivity contribution is -0.188. The number of ether oxygens (including phenoxy) is 1. The molecule has 2 aliphatic rings. The van der Waals surface area contributed by atoms with E-state index in [1.807, 2.05) is 6.92 Å². The summed E-state index contributed by atoms with van der Waals surface area (Å²) in [6.45, 7) is 4.16. The van der Waals surface area contributed by atoms with Gasteiger partial charge in [-0.15, -0.1) is 0 Å². The quantitative estimate of drug-likeness (QED) is 0.532. The SMILES string of the molecule is C[C@@H](Br)[C@]1(C)OC(=O)[C@@H]2CCCN2C1=O. The molecule has 0 saturated carbocycles. The van der Waals surface area contributed by atoms with E-state index in [2.05, 4.69) is 15.9 Å². The van der Waals surface area contributed by atoms with E-state index in [0.717, 1.165) is 12.8 Å². The van der Waals surface area contributed by atoms with Crippen LogP contribution in [0.25, 0.3) is 0 Å². The molecule has 2 rings (SSSR count). The maximum atomic E-state index is 12.1. The number of amides is 1. The fraction of sp³-hybridized carbons (Fsp3) is 0.800. The highest BCUT2D eigenvalue weighted by atomic mass is 79.9. The Hall–Kier alpha value is -0.580. The van der Waals surface area contributed by atoms with Crippen molar-refractivity contribution in [2.45, 2.75) is 43.2 Å². The third-order valence-corrected chi connectivity index (χ3v) is 4.16. The highest BCUT2D eigenvalue weighted by Crippen LogP contribution is 2.34. The number of rotatable bonds is 1. The van der Waals surface area contributed by atoms with Crippen LogP contribution in [-0.4, -0.2) is 39.8 Å². The topological polar surface area (TPSA) is 46.6 Å². The number of esters is 1. The largest absolute Gasteiger partial charge is 0.446 e. The first-order valence-corrected chi connectivity index (χ1v) is 6.06. The van der Waals surface area contributed by atoms with Crippen molar-refractivity contribution in [3.63, 3.8) is 0 Å². The van der Waals surface area contributed by atoms with Crippen LogP contribution >= 0.6 is 15.9 Å². The molecule has 2 heterocycles. The molecule has 1 amide bonds. The van der Waals surface area contributed by atoms with Crippen molar-refractivity contribution in [2.75, 3.05) is 6.54 Å². The summed E-state index contributed by atoms with van der Waals surface area (Å²) in [6.07, 6.45) is 1.62. The van der Waals surface area contributed by atoms with Gasteiger partial charge in [0.15, 0.2) is 5.60 Å². The van der Waals surface area contributed by atoms with E-state index in [4.69, 9.17) is 4.74 Å². The second-order valence-corrected chi connectivity index (χ2v) is 5.67. The van der Waals surface area contributed by atoms with Gasteiger partial charge in [0.2, 0.25) is 0 Å². The maximum Gasteiger partial charge on any atom is 0.329 e. The second-order valence-electron chi connectivity index (χ2n) is 4.30. The van der Waals surface area contributed by atoms with Gasteiger partial charge in [-0.05, 0) is 26.7 Å². The van der Waals surface area contributed by atoms with E-state index in [0.29, 0.717) is 6.54 Å². The Labute approximate surface area is 97.1 Å². The van der Waals surface area contributed by atoms with E-state index in [9.17, 15) is 9.59 Å². The number of halogens is 1. The molecule has 3 atom stereocenters. The molecular weight excluding hydrogens is 262 g/mol. The molecule has 0 N–H and O–H groups in total. The van der Waals surface area contributed by atoms with E-state index < -0.39 is 5.60 Å². The summed E-state index contributed by atoms with van der Waals surface area (Å²) in [4.78, 5) is 25.3. The zero-order valence-corrected chi connectivity index (χ0v) is 10.4. The number of hydrogen-bond acceptors (Lipinski definition) is 3. The average Bonchev–Trinajstić information content (AvgIpc) is 2.62. The Balaban J connectivity index is 2.32. The summed E-state index contributed by atoms with van der Waals surface area (Å²) < 4.78 is 5.28. The third-order valence-electron chi connectivity index (χ3n) is 3.28. The van der Waals surface area contributed by atoms with E-state index in [1.54, 1.807) is 11.8 Å². The molecule has 15 heavy (non-hydrogen) atoms. The molecule has 0 unspecified atom stereocenters. The zero-order chi connectivity index (χ0) is 11.2. The monoisotopic (exact) mass is 275 g/mol. The van der Waals surface area contributed by atoms with Crippen molar-refractivity contribution in [3.05, 3.63) is 0 Å². The summed E-state index contributed by atoms with van der Waals surface area (Å²) >= 11 is 3.33. The van der Waals surface area contributed by atoms with Crippen LogP contribution in [0.2, 0.25) is 0 Å². The van der Waals surface area contributed by atoms with Crippen molar-refractivity contribution < 1.29 is 14.3 Å². The standard InChI is InChI=1S/C10H14BrNO3/c1-6(11)10(2)9(14)12-5-3-4-7(12)8(13)15-10/h6-7H,3-5H2,1-2H3/t6-,7+,10+/m1/s1. The van der Waals surface area contributed by atoms with Gasteiger partial charge in [-0.3, -0.25) is 4.79 Å². The van der Waals surface area contributed by atoms with Crippen LogP contribution in [0.3, 0.4) is 0 Å². The van der Waals surface area contributed by atoms with Crippen LogP contribution in [0.4, 0.5) is 0 Å². The Morgan fingerprint density at radius 1 is 1.60 bits per heavy atom. The van der Waals surface area contributed by atoms with E-state index in [-0.39, 0.29) is 22.7 Å². The van der Waals surface area contributed by atoms with Gasteiger partial charge in [0.05, 0.1) is 4.83 Å². The Kier molecular flexibility index (Phi) is 2.53. The van der Waals surface area contributed by atoms with Crippen molar-refractivity contribution in [1.82, 2.24) is 4.90 Å². The smallest absolute Gasteiger partial charge is 0.329 e. The molecule has 5 heteroatoms. The average molecular weight is 276 g/mol. The minimum Gasteiger partial charge on any atom is -0.446 e. The van der Waals surface area contributed by atoms with Crippen LogP contribution in [0.15, 0.2) is 0 Å². The molecule has 84 valence electrons. The predicted molar refractivity (Wildman–Crippen MR) is 57.6 cm³/mol. The second kappa shape index (κ2) is 3.47. The van der Waals surface area contributed by atoms with Gasteiger partial charge in [0.1, 0.15) is 6.04 Å². The Morgan fingerprint density at radius 3 is 2.87 bits per heavy atom. The number of hydrogen-bond donors (Lipinski definition) is 0. The normalized spacial score (nSPS) is 37.5. The number of carbonyl (C=O) groups excluding carboxylic acids is 2. The number of cyclic esters (lactones) is 1. The molecule has 0 bridgehead atoms. The lowest BCUT2D eigenvalue weighted by atomic mass is 9.98. The summed E-state index contributed by atoms with van der Waals surface area (Å²) in [5.74, 6) is -0.338. The number of carbonyl (C=O) groups is 2. The molecule has 0 spiro atoms. The minimum absolute atomic E-state index is 0.0750. The zero-order valence-electron chi connectivity index (χ0n) is 8.83. The molecule has 0 aliphatic carbocycles. The van der Waals surface area contributed by atoms with Crippen LogP contribution in [-0.2, 0) is 14.3 Å². The van der Waals surface area contributed by atoms with Crippen LogP contribution in [0.5, 0.6) is 0 Å². The Bertz CT molecular complexity index is 318. The molecule has 4 nitrogen and oxygen atoms in total. The fourth-order valence-corrected chi connectivity index (χ4v) is 2.40. The van der Waals surface area contributed by atoms with E-state index in [1.165, 1.54) is 0 Å².